The number of rotatable bonds is 2. The van der Waals surface area contributed by atoms with Crippen LogP contribution in [-0.2, 0) is 14.3 Å². The van der Waals surface area contributed by atoms with Crippen molar-refractivity contribution >= 4 is 11.7 Å². The molecule has 1 amide bonds. The van der Waals surface area contributed by atoms with Gasteiger partial charge in [-0.1, -0.05) is 20.3 Å². The van der Waals surface area contributed by atoms with Gasteiger partial charge < -0.3 is 15.0 Å². The number of dihydropyridines is 1. The van der Waals surface area contributed by atoms with E-state index in [1.165, 1.54) is 19.3 Å². The van der Waals surface area contributed by atoms with Crippen LogP contribution in [0, 0.1) is 16.7 Å². The summed E-state index contributed by atoms with van der Waals surface area (Å²) in [5.74, 6) is 1.89. The summed E-state index contributed by atoms with van der Waals surface area (Å²) in [6.07, 6.45) is 6.47. The molecule has 2 saturated heterocycles. The highest BCUT2D eigenvalue weighted by Gasteiger charge is 2.63. The quantitative estimate of drug-likeness (QED) is 0.758. The number of hydrogen-bond acceptors (Lipinski definition) is 6. The average molecular weight is 411 g/mol. The van der Waals surface area contributed by atoms with Crippen molar-refractivity contribution in [1.29, 1.82) is 0 Å². The molecule has 6 aliphatic rings. The van der Waals surface area contributed by atoms with E-state index in [1.807, 2.05) is 4.90 Å². The molecule has 160 valence electrons. The maximum absolute atomic E-state index is 13.3. The van der Waals surface area contributed by atoms with Crippen LogP contribution in [0.15, 0.2) is 32.9 Å². The Hall–Kier alpha value is -2.02. The van der Waals surface area contributed by atoms with E-state index in [0.717, 1.165) is 35.5 Å². The van der Waals surface area contributed by atoms with Gasteiger partial charge in [0.05, 0.1) is 31.7 Å². The maximum atomic E-state index is 13.3. The summed E-state index contributed by atoms with van der Waals surface area (Å²) in [4.78, 5) is 27.9. The van der Waals surface area contributed by atoms with Crippen molar-refractivity contribution < 1.29 is 14.3 Å². The molecular weight excluding hydrogens is 380 g/mol. The summed E-state index contributed by atoms with van der Waals surface area (Å²) >= 11 is 0. The molecular formula is C23H30N4O3. The second kappa shape index (κ2) is 6.02. The summed E-state index contributed by atoms with van der Waals surface area (Å²) in [7, 11) is 0. The molecule has 1 saturated carbocycles. The third-order valence-corrected chi connectivity index (χ3v) is 8.13. The van der Waals surface area contributed by atoms with Gasteiger partial charge in [0, 0.05) is 29.7 Å². The number of Topliss-reactive ketones (excluding diaryl/α,β-unsaturated/α-hetero) is 1. The minimum atomic E-state index is -0.434. The number of nitrogens with zero attached hydrogens (tertiary/aromatic N) is 3. The standard InChI is InChI=1S/C23H30N4O3/c1-21(2)7-16-19(17(28)8-21)23(15-9-24-26-20(15)25-16)10-22(30-13-23)11-27(12-22)18(29)6-14-4-3-5-14/h14,25H,3-13H2,1-2H3. The van der Waals surface area contributed by atoms with E-state index >= 15 is 0 Å². The van der Waals surface area contributed by atoms with E-state index < -0.39 is 5.41 Å². The first-order valence-corrected chi connectivity index (χ1v) is 11.4. The molecule has 6 rings (SSSR count). The summed E-state index contributed by atoms with van der Waals surface area (Å²) in [5.41, 5.74) is 2.19. The normalized spacial score (nSPS) is 33.5. The molecule has 4 heterocycles. The summed E-state index contributed by atoms with van der Waals surface area (Å²) in [6, 6.07) is 0. The summed E-state index contributed by atoms with van der Waals surface area (Å²) in [6.45, 7) is 6.61. The molecule has 7 heteroatoms. The number of azo groups is 1. The van der Waals surface area contributed by atoms with Crippen LogP contribution in [0.3, 0.4) is 0 Å². The molecule has 2 spiro atoms. The second-order valence-electron chi connectivity index (χ2n) is 11.1. The Bertz CT molecular complexity index is 936. The van der Waals surface area contributed by atoms with Crippen molar-refractivity contribution in [3.63, 3.8) is 0 Å². The number of fused-ring (bicyclic) bond motifs is 2. The Morgan fingerprint density at radius 1 is 1.27 bits per heavy atom. The fourth-order valence-corrected chi connectivity index (χ4v) is 6.45. The molecule has 1 atom stereocenters. The number of nitrogens with one attached hydrogen (secondary N) is 1. The van der Waals surface area contributed by atoms with E-state index in [9.17, 15) is 9.59 Å². The fraction of sp³-hybridized carbons (Fsp3) is 0.739. The molecule has 1 unspecified atom stereocenters. The lowest BCUT2D eigenvalue weighted by molar-refractivity contribution is -0.159. The molecule has 0 radical (unpaired) electrons. The lowest BCUT2D eigenvalue weighted by atomic mass is 9.61. The average Bonchev–Trinajstić information content (AvgIpc) is 3.21. The molecule has 30 heavy (non-hydrogen) atoms. The Kier molecular flexibility index (Phi) is 3.76. The number of carbonyl (C=O) groups excluding carboxylic acids is 2. The van der Waals surface area contributed by atoms with E-state index in [2.05, 4.69) is 29.4 Å². The van der Waals surface area contributed by atoms with Crippen LogP contribution in [0.1, 0.15) is 58.8 Å². The van der Waals surface area contributed by atoms with E-state index in [1.54, 1.807) is 0 Å². The van der Waals surface area contributed by atoms with Crippen LogP contribution in [0.2, 0.25) is 0 Å². The number of likely N-dealkylation sites (tertiary alicyclic amines) is 1. The maximum Gasteiger partial charge on any atom is 0.223 e. The SMILES string of the molecule is CC1(C)CC(=O)C2=C(C1)NC1=C(CN=N1)C21COC2(CN(C(=O)CC3CCC3)C2)C1. The minimum absolute atomic E-state index is 0.0592. The van der Waals surface area contributed by atoms with Crippen molar-refractivity contribution in [2.75, 3.05) is 26.2 Å². The van der Waals surface area contributed by atoms with Gasteiger partial charge in [-0.15, -0.1) is 5.11 Å². The molecule has 3 fully saturated rings. The number of ether oxygens (including phenoxy) is 1. The van der Waals surface area contributed by atoms with Gasteiger partial charge >= 0.3 is 0 Å². The minimum Gasteiger partial charge on any atom is -0.370 e. The molecule has 2 aliphatic carbocycles. The van der Waals surface area contributed by atoms with Crippen molar-refractivity contribution in [1.82, 2.24) is 10.2 Å². The van der Waals surface area contributed by atoms with Gasteiger partial charge in [0.1, 0.15) is 5.60 Å². The van der Waals surface area contributed by atoms with Crippen LogP contribution in [0.5, 0.6) is 0 Å². The topological polar surface area (TPSA) is 83.4 Å². The van der Waals surface area contributed by atoms with Gasteiger partial charge in [-0.25, -0.2) is 0 Å². The highest BCUT2D eigenvalue weighted by Crippen LogP contribution is 2.58. The highest BCUT2D eigenvalue weighted by molar-refractivity contribution is 6.00. The summed E-state index contributed by atoms with van der Waals surface area (Å²) < 4.78 is 6.43. The number of allylic oxidation sites excluding steroid dienone is 1. The molecule has 1 N–H and O–H groups in total. The predicted octanol–water partition coefficient (Wildman–Crippen LogP) is 3.09. The van der Waals surface area contributed by atoms with Crippen molar-refractivity contribution in [2.45, 2.75) is 64.4 Å². The molecule has 0 bridgehead atoms. The smallest absolute Gasteiger partial charge is 0.223 e. The van der Waals surface area contributed by atoms with Crippen LogP contribution in [0.4, 0.5) is 0 Å². The van der Waals surface area contributed by atoms with Crippen molar-refractivity contribution in [3.05, 3.63) is 22.7 Å². The zero-order valence-corrected chi connectivity index (χ0v) is 17.9. The van der Waals surface area contributed by atoms with Crippen molar-refractivity contribution in [3.8, 4) is 0 Å². The second-order valence-corrected chi connectivity index (χ2v) is 11.1. The Labute approximate surface area is 177 Å². The molecule has 4 aliphatic heterocycles. The lowest BCUT2D eigenvalue weighted by Gasteiger charge is -2.49. The van der Waals surface area contributed by atoms with Gasteiger partial charge in [0.25, 0.3) is 0 Å². The zero-order valence-electron chi connectivity index (χ0n) is 17.9. The monoisotopic (exact) mass is 410 g/mol. The lowest BCUT2D eigenvalue weighted by Crippen LogP contribution is -2.63. The van der Waals surface area contributed by atoms with Gasteiger partial charge in [-0.2, -0.15) is 5.11 Å². The molecule has 0 aromatic heterocycles. The van der Waals surface area contributed by atoms with Gasteiger partial charge in [0.15, 0.2) is 11.6 Å². The Morgan fingerprint density at radius 2 is 2.07 bits per heavy atom. The molecule has 0 aromatic carbocycles. The first-order chi connectivity index (χ1) is 14.3. The first-order valence-electron chi connectivity index (χ1n) is 11.4. The summed E-state index contributed by atoms with van der Waals surface area (Å²) in [5, 5.41) is 12.1. The van der Waals surface area contributed by atoms with Crippen LogP contribution >= 0.6 is 0 Å². The zero-order chi connectivity index (χ0) is 20.7. The number of hydrogen-bond donors (Lipinski definition) is 1. The van der Waals surface area contributed by atoms with Gasteiger partial charge in [0.2, 0.25) is 5.91 Å². The molecule has 0 aromatic rings. The van der Waals surface area contributed by atoms with Gasteiger partial charge in [-0.05, 0) is 37.0 Å². The van der Waals surface area contributed by atoms with E-state index in [-0.39, 0.29) is 22.7 Å². The van der Waals surface area contributed by atoms with E-state index in [4.69, 9.17) is 4.74 Å². The number of carbonyl (C=O) groups is 2. The fourth-order valence-electron chi connectivity index (χ4n) is 6.45. The van der Waals surface area contributed by atoms with Gasteiger partial charge in [-0.3, -0.25) is 9.59 Å². The number of amides is 1. The number of ketones is 1. The first kappa shape index (κ1) is 18.7. The van der Waals surface area contributed by atoms with Crippen molar-refractivity contribution in [2.24, 2.45) is 27.0 Å². The third kappa shape index (κ3) is 2.60. The Balaban J connectivity index is 1.27. The van der Waals surface area contributed by atoms with Crippen LogP contribution in [0.25, 0.3) is 0 Å². The van der Waals surface area contributed by atoms with Crippen LogP contribution < -0.4 is 5.32 Å². The highest BCUT2D eigenvalue weighted by atomic mass is 16.5. The molecule has 7 nitrogen and oxygen atoms in total. The Morgan fingerprint density at radius 3 is 2.80 bits per heavy atom. The predicted molar refractivity (Wildman–Crippen MR) is 109 cm³/mol. The third-order valence-electron chi connectivity index (χ3n) is 8.13. The van der Waals surface area contributed by atoms with E-state index in [0.29, 0.717) is 45.0 Å². The largest absolute Gasteiger partial charge is 0.370 e. The van der Waals surface area contributed by atoms with Crippen LogP contribution in [-0.4, -0.2) is 48.4 Å².